The van der Waals surface area contributed by atoms with E-state index in [9.17, 15) is 14.7 Å². The number of nitrogens with zero attached hydrogens (tertiary/aromatic N) is 3. The van der Waals surface area contributed by atoms with Gasteiger partial charge in [-0.1, -0.05) is 60.3 Å². The second kappa shape index (κ2) is 11.9. The van der Waals surface area contributed by atoms with Gasteiger partial charge in [-0.2, -0.15) is 0 Å². The molecule has 35 heavy (non-hydrogen) atoms. The van der Waals surface area contributed by atoms with Gasteiger partial charge in [0, 0.05) is 32.8 Å². The number of rotatable bonds is 10. The normalized spacial score (nSPS) is 11.0. The Hall–Kier alpha value is -2.58. The summed E-state index contributed by atoms with van der Waals surface area (Å²) in [5.74, 6) is -1.00. The van der Waals surface area contributed by atoms with Crippen molar-refractivity contribution >= 4 is 52.4 Å². The van der Waals surface area contributed by atoms with E-state index in [1.54, 1.807) is 26.3 Å². The predicted octanol–water partition coefficient (Wildman–Crippen LogP) is 6.36. The van der Waals surface area contributed by atoms with E-state index in [1.165, 1.54) is 17.0 Å². The van der Waals surface area contributed by atoms with Gasteiger partial charge in [0.25, 0.3) is 5.91 Å². The lowest BCUT2D eigenvalue weighted by molar-refractivity contribution is 0.0692. The number of halogens is 3. The topological polar surface area (TPSA) is 84.7 Å². The van der Waals surface area contributed by atoms with Gasteiger partial charge >= 0.3 is 5.97 Å². The Morgan fingerprint density at radius 1 is 1.06 bits per heavy atom. The third kappa shape index (κ3) is 5.98. The summed E-state index contributed by atoms with van der Waals surface area (Å²) in [5, 5.41) is 9.94. The predicted molar refractivity (Wildman–Crippen MR) is 138 cm³/mol. The van der Waals surface area contributed by atoms with E-state index >= 15 is 0 Å². The van der Waals surface area contributed by atoms with Gasteiger partial charge in [-0.25, -0.2) is 9.78 Å². The number of carboxylic acid groups (broad SMARTS) is 1. The lowest BCUT2D eigenvalue weighted by Crippen LogP contribution is -2.28. The summed E-state index contributed by atoms with van der Waals surface area (Å²) < 4.78 is 7.38. The fraction of sp³-hybridized carbons (Fsp3) is 0.320. The number of anilines is 1. The van der Waals surface area contributed by atoms with Crippen LogP contribution in [0.5, 0.6) is 0 Å². The molecule has 1 N–H and O–H groups in total. The molecular weight excluding hydrogens is 513 g/mol. The number of carboxylic acids is 1. The highest BCUT2D eigenvalue weighted by atomic mass is 35.5. The SMILES string of the molecule is CCCCc1nc(Cl)c(COC)n1Cc1ccc(N(C)C(=O)c2c(Cl)ccc(Cl)c2C(=O)O)cc1. The molecule has 1 amide bonds. The zero-order valence-corrected chi connectivity index (χ0v) is 21.9. The average Bonchev–Trinajstić information content (AvgIpc) is 3.12. The first kappa shape index (κ1) is 27.0. The molecule has 10 heteroatoms. The van der Waals surface area contributed by atoms with Gasteiger partial charge < -0.3 is 19.3 Å². The number of carbonyl (C=O) groups is 2. The van der Waals surface area contributed by atoms with Crippen LogP contribution in [0.4, 0.5) is 5.69 Å². The van der Waals surface area contributed by atoms with Crippen LogP contribution in [0.3, 0.4) is 0 Å². The number of hydrogen-bond acceptors (Lipinski definition) is 4. The Balaban J connectivity index is 1.88. The highest BCUT2D eigenvalue weighted by Crippen LogP contribution is 2.30. The minimum Gasteiger partial charge on any atom is -0.478 e. The van der Waals surface area contributed by atoms with Crippen molar-refractivity contribution in [2.24, 2.45) is 0 Å². The molecule has 0 bridgehead atoms. The number of imidazole rings is 1. The van der Waals surface area contributed by atoms with Crippen molar-refractivity contribution in [3.63, 3.8) is 0 Å². The van der Waals surface area contributed by atoms with Gasteiger partial charge in [0.1, 0.15) is 5.82 Å². The molecule has 0 atom stereocenters. The second-order valence-electron chi connectivity index (χ2n) is 8.00. The first-order chi connectivity index (χ1) is 16.7. The number of aromatic carboxylic acids is 1. The summed E-state index contributed by atoms with van der Waals surface area (Å²) in [6.45, 7) is 3.01. The van der Waals surface area contributed by atoms with Crippen LogP contribution in [0.1, 0.15) is 57.6 Å². The lowest BCUT2D eigenvalue weighted by Gasteiger charge is -2.20. The number of ether oxygens (including phenoxy) is 1. The molecule has 0 radical (unpaired) electrons. The summed E-state index contributed by atoms with van der Waals surface area (Å²) in [6.07, 6.45) is 2.84. The number of hydrogen-bond donors (Lipinski definition) is 1. The van der Waals surface area contributed by atoms with Crippen molar-refractivity contribution in [3.8, 4) is 0 Å². The molecule has 2 aromatic carbocycles. The van der Waals surface area contributed by atoms with Crippen molar-refractivity contribution in [1.29, 1.82) is 0 Å². The van der Waals surface area contributed by atoms with Gasteiger partial charge in [0.15, 0.2) is 5.15 Å². The number of methoxy groups -OCH3 is 1. The minimum absolute atomic E-state index is 0.0162. The standard InChI is InChI=1S/C25H26Cl3N3O4/c1-4-5-6-20-29-23(28)19(14-35-3)31(20)13-15-7-9-16(10-8-15)30(2)24(32)21-17(26)11-12-18(27)22(21)25(33)34/h7-12H,4-6,13-14H2,1-3H3,(H,33,34). The first-order valence-corrected chi connectivity index (χ1v) is 12.1. The molecule has 0 aliphatic heterocycles. The minimum atomic E-state index is -1.32. The molecule has 0 unspecified atom stereocenters. The highest BCUT2D eigenvalue weighted by molar-refractivity contribution is 6.39. The number of amides is 1. The Labute approximate surface area is 219 Å². The van der Waals surface area contributed by atoms with Crippen molar-refractivity contribution < 1.29 is 19.4 Å². The van der Waals surface area contributed by atoms with Crippen molar-refractivity contribution in [3.05, 3.63) is 79.8 Å². The van der Waals surface area contributed by atoms with E-state index in [4.69, 9.17) is 39.5 Å². The molecule has 0 spiro atoms. The molecule has 0 aliphatic carbocycles. The Kier molecular flexibility index (Phi) is 9.19. The first-order valence-electron chi connectivity index (χ1n) is 11.0. The van der Waals surface area contributed by atoms with Crippen LogP contribution in [0.25, 0.3) is 0 Å². The number of aromatic nitrogens is 2. The van der Waals surface area contributed by atoms with Gasteiger partial charge in [-0.3, -0.25) is 4.79 Å². The van der Waals surface area contributed by atoms with E-state index in [0.717, 1.165) is 36.3 Å². The van der Waals surface area contributed by atoms with Crippen molar-refractivity contribution in [2.75, 3.05) is 19.1 Å². The number of aryl methyl sites for hydroxylation is 1. The molecule has 7 nitrogen and oxygen atoms in total. The highest BCUT2D eigenvalue weighted by Gasteiger charge is 2.26. The van der Waals surface area contributed by atoms with E-state index in [1.807, 2.05) is 12.1 Å². The fourth-order valence-corrected chi connectivity index (χ4v) is 4.49. The third-order valence-corrected chi connectivity index (χ3v) is 6.57. The molecule has 0 fully saturated rings. The van der Waals surface area contributed by atoms with Gasteiger partial charge in [0.2, 0.25) is 0 Å². The van der Waals surface area contributed by atoms with Crippen LogP contribution in [0.15, 0.2) is 36.4 Å². The van der Waals surface area contributed by atoms with Crippen LogP contribution in [-0.4, -0.2) is 40.7 Å². The quantitative estimate of drug-likeness (QED) is 0.325. The van der Waals surface area contributed by atoms with Crippen molar-refractivity contribution in [2.45, 2.75) is 39.3 Å². The van der Waals surface area contributed by atoms with Crippen LogP contribution in [0.2, 0.25) is 15.2 Å². The van der Waals surface area contributed by atoms with Crippen LogP contribution in [-0.2, 0) is 24.3 Å². The summed E-state index contributed by atoms with van der Waals surface area (Å²) >= 11 is 18.6. The Morgan fingerprint density at radius 3 is 2.26 bits per heavy atom. The molecule has 1 heterocycles. The zero-order valence-electron chi connectivity index (χ0n) is 19.6. The summed E-state index contributed by atoms with van der Waals surface area (Å²) in [5.41, 5.74) is 1.88. The van der Waals surface area contributed by atoms with Crippen LogP contribution >= 0.6 is 34.8 Å². The molecule has 186 valence electrons. The second-order valence-corrected chi connectivity index (χ2v) is 9.18. The zero-order chi connectivity index (χ0) is 25.7. The molecule has 3 rings (SSSR count). The van der Waals surface area contributed by atoms with Crippen molar-refractivity contribution in [1.82, 2.24) is 9.55 Å². The largest absolute Gasteiger partial charge is 0.478 e. The van der Waals surface area contributed by atoms with Crippen LogP contribution < -0.4 is 4.90 Å². The van der Waals surface area contributed by atoms with E-state index in [2.05, 4.69) is 16.5 Å². The number of benzene rings is 2. The Bertz CT molecular complexity index is 1230. The summed E-state index contributed by atoms with van der Waals surface area (Å²) in [7, 11) is 3.17. The molecule has 1 aromatic heterocycles. The maximum Gasteiger partial charge on any atom is 0.338 e. The number of carbonyl (C=O) groups excluding carboxylic acids is 1. The molecule has 0 aliphatic rings. The van der Waals surface area contributed by atoms with Gasteiger partial charge in [-0.05, 0) is 36.2 Å². The average molecular weight is 539 g/mol. The van der Waals surface area contributed by atoms with E-state index in [0.29, 0.717) is 24.0 Å². The van der Waals surface area contributed by atoms with Gasteiger partial charge in [-0.15, -0.1) is 0 Å². The molecular formula is C25H26Cl3N3O4. The molecule has 0 saturated heterocycles. The molecule has 0 saturated carbocycles. The lowest BCUT2D eigenvalue weighted by atomic mass is 10.1. The summed E-state index contributed by atoms with van der Waals surface area (Å²) in [6, 6.07) is 10.1. The number of unbranched alkanes of at least 4 members (excludes halogenated alkanes) is 1. The monoisotopic (exact) mass is 537 g/mol. The summed E-state index contributed by atoms with van der Waals surface area (Å²) in [4.78, 5) is 30.7. The van der Waals surface area contributed by atoms with E-state index < -0.39 is 11.9 Å². The fourth-order valence-electron chi connectivity index (χ4n) is 3.75. The maximum absolute atomic E-state index is 13.2. The van der Waals surface area contributed by atoms with Gasteiger partial charge in [0.05, 0.1) is 33.5 Å². The smallest absolute Gasteiger partial charge is 0.338 e. The third-order valence-electron chi connectivity index (χ3n) is 5.64. The Morgan fingerprint density at radius 2 is 1.69 bits per heavy atom. The van der Waals surface area contributed by atoms with Crippen LogP contribution in [0, 0.1) is 0 Å². The molecule has 3 aromatic rings. The van der Waals surface area contributed by atoms with E-state index in [-0.39, 0.29) is 21.2 Å². The maximum atomic E-state index is 13.2.